The van der Waals surface area contributed by atoms with Crippen LogP contribution in [0.4, 0.5) is 0 Å². The summed E-state index contributed by atoms with van der Waals surface area (Å²) in [6.07, 6.45) is 4.69. The smallest absolute Gasteiger partial charge is 0.248 e. The molecule has 0 spiro atoms. The Morgan fingerprint density at radius 3 is 2.67 bits per heavy atom. The highest BCUT2D eigenvalue weighted by Crippen LogP contribution is 2.23. The predicted octanol–water partition coefficient (Wildman–Crippen LogP) is 2.03. The number of carbonyl (C=O) groups excluding carboxylic acids is 1. The van der Waals surface area contributed by atoms with Crippen LogP contribution in [0.2, 0.25) is 0 Å². The lowest BCUT2D eigenvalue weighted by Crippen LogP contribution is -2.42. The first-order valence-electron chi connectivity index (χ1n) is 5.72. The Morgan fingerprint density at radius 2 is 2.13 bits per heavy atom. The quantitative estimate of drug-likeness (QED) is 0.657. The lowest BCUT2D eigenvalue weighted by atomic mass is 10.2. The van der Waals surface area contributed by atoms with E-state index in [1.54, 1.807) is 0 Å². The molecule has 0 heterocycles. The summed E-state index contributed by atoms with van der Waals surface area (Å²) in [5.41, 5.74) is 0. The lowest BCUT2D eigenvalue weighted by Gasteiger charge is -2.28. The minimum Gasteiger partial charge on any atom is -0.372 e. The van der Waals surface area contributed by atoms with Crippen LogP contribution in [0.5, 0.6) is 0 Å². The standard InChI is InChI=1S/C11H20ClNO2/c1-2-15-9-11(14)13(8-7-12)10-5-3-4-6-10/h10H,2-9H2,1H3. The molecule has 1 fully saturated rings. The molecule has 0 radical (unpaired) electrons. The van der Waals surface area contributed by atoms with Gasteiger partial charge in [0.05, 0.1) is 0 Å². The first kappa shape index (κ1) is 12.8. The van der Waals surface area contributed by atoms with Gasteiger partial charge in [0.15, 0.2) is 0 Å². The van der Waals surface area contributed by atoms with E-state index in [1.165, 1.54) is 12.8 Å². The average Bonchev–Trinajstić information content (AvgIpc) is 2.75. The predicted molar refractivity (Wildman–Crippen MR) is 61.2 cm³/mol. The summed E-state index contributed by atoms with van der Waals surface area (Å²) in [5.74, 6) is 0.596. The normalized spacial score (nSPS) is 16.9. The fourth-order valence-electron chi connectivity index (χ4n) is 2.09. The van der Waals surface area contributed by atoms with Crippen molar-refractivity contribution >= 4 is 17.5 Å². The summed E-state index contributed by atoms with van der Waals surface area (Å²) in [4.78, 5) is 13.7. The van der Waals surface area contributed by atoms with Crippen molar-refractivity contribution in [1.29, 1.82) is 0 Å². The van der Waals surface area contributed by atoms with Crippen LogP contribution in [-0.4, -0.2) is 42.5 Å². The number of alkyl halides is 1. The number of hydrogen-bond donors (Lipinski definition) is 0. The van der Waals surface area contributed by atoms with Gasteiger partial charge >= 0.3 is 0 Å². The van der Waals surface area contributed by atoms with E-state index in [0.29, 0.717) is 25.1 Å². The molecule has 0 atom stereocenters. The second kappa shape index (κ2) is 7.07. The molecule has 1 saturated carbocycles. The molecule has 88 valence electrons. The van der Waals surface area contributed by atoms with Crippen molar-refractivity contribution < 1.29 is 9.53 Å². The van der Waals surface area contributed by atoms with Gasteiger partial charge in [-0.1, -0.05) is 12.8 Å². The van der Waals surface area contributed by atoms with Gasteiger partial charge < -0.3 is 9.64 Å². The number of halogens is 1. The molecule has 0 aromatic rings. The zero-order valence-electron chi connectivity index (χ0n) is 9.38. The van der Waals surface area contributed by atoms with Crippen LogP contribution < -0.4 is 0 Å². The minimum absolute atomic E-state index is 0.0874. The Labute approximate surface area is 96.7 Å². The van der Waals surface area contributed by atoms with Crippen molar-refractivity contribution in [1.82, 2.24) is 4.90 Å². The zero-order chi connectivity index (χ0) is 11.1. The highest BCUT2D eigenvalue weighted by molar-refractivity contribution is 6.18. The van der Waals surface area contributed by atoms with E-state index in [2.05, 4.69) is 0 Å². The number of carbonyl (C=O) groups is 1. The number of hydrogen-bond acceptors (Lipinski definition) is 2. The van der Waals surface area contributed by atoms with E-state index in [9.17, 15) is 4.79 Å². The third-order valence-electron chi connectivity index (χ3n) is 2.84. The van der Waals surface area contributed by atoms with Crippen LogP contribution in [0.25, 0.3) is 0 Å². The van der Waals surface area contributed by atoms with E-state index in [1.807, 2.05) is 11.8 Å². The SMILES string of the molecule is CCOCC(=O)N(CCCl)C1CCCC1. The fourth-order valence-corrected chi connectivity index (χ4v) is 2.27. The molecule has 1 rings (SSSR count). The fraction of sp³-hybridized carbons (Fsp3) is 0.909. The van der Waals surface area contributed by atoms with Crippen molar-refractivity contribution in [3.8, 4) is 0 Å². The Balaban J connectivity index is 2.43. The Hall–Kier alpha value is -0.280. The van der Waals surface area contributed by atoms with Gasteiger partial charge in [0.25, 0.3) is 0 Å². The molecule has 0 bridgehead atoms. The van der Waals surface area contributed by atoms with Crippen LogP contribution in [-0.2, 0) is 9.53 Å². The van der Waals surface area contributed by atoms with Gasteiger partial charge in [-0.05, 0) is 19.8 Å². The molecule has 0 aromatic carbocycles. The third kappa shape index (κ3) is 3.99. The molecule has 0 unspecified atom stereocenters. The zero-order valence-corrected chi connectivity index (χ0v) is 10.1. The van der Waals surface area contributed by atoms with Gasteiger partial charge in [-0.15, -0.1) is 11.6 Å². The Bertz CT molecular complexity index is 193. The Kier molecular flexibility index (Phi) is 6.03. The maximum absolute atomic E-state index is 11.8. The summed E-state index contributed by atoms with van der Waals surface area (Å²) in [7, 11) is 0. The van der Waals surface area contributed by atoms with E-state index < -0.39 is 0 Å². The first-order chi connectivity index (χ1) is 7.29. The van der Waals surface area contributed by atoms with Crippen LogP contribution in [0.15, 0.2) is 0 Å². The molecule has 0 aliphatic heterocycles. The van der Waals surface area contributed by atoms with E-state index >= 15 is 0 Å². The van der Waals surface area contributed by atoms with Gasteiger partial charge in [0, 0.05) is 25.1 Å². The van der Waals surface area contributed by atoms with Crippen molar-refractivity contribution in [3.05, 3.63) is 0 Å². The second-order valence-electron chi connectivity index (χ2n) is 3.85. The largest absolute Gasteiger partial charge is 0.372 e. The van der Waals surface area contributed by atoms with Crippen LogP contribution in [0.1, 0.15) is 32.6 Å². The highest BCUT2D eigenvalue weighted by Gasteiger charge is 2.25. The topological polar surface area (TPSA) is 29.5 Å². The van der Waals surface area contributed by atoms with Crippen molar-refractivity contribution in [3.63, 3.8) is 0 Å². The molecule has 15 heavy (non-hydrogen) atoms. The van der Waals surface area contributed by atoms with Crippen molar-refractivity contribution in [2.45, 2.75) is 38.6 Å². The van der Waals surface area contributed by atoms with E-state index in [0.717, 1.165) is 12.8 Å². The highest BCUT2D eigenvalue weighted by atomic mass is 35.5. The van der Waals surface area contributed by atoms with Crippen molar-refractivity contribution in [2.75, 3.05) is 25.6 Å². The van der Waals surface area contributed by atoms with E-state index in [-0.39, 0.29) is 12.5 Å². The number of ether oxygens (including phenoxy) is 1. The Morgan fingerprint density at radius 1 is 1.47 bits per heavy atom. The van der Waals surface area contributed by atoms with Gasteiger partial charge in [0.2, 0.25) is 5.91 Å². The van der Waals surface area contributed by atoms with Crippen LogP contribution >= 0.6 is 11.6 Å². The van der Waals surface area contributed by atoms with Gasteiger partial charge in [-0.25, -0.2) is 0 Å². The van der Waals surface area contributed by atoms with Crippen molar-refractivity contribution in [2.24, 2.45) is 0 Å². The molecular formula is C11H20ClNO2. The summed E-state index contributed by atoms with van der Waals surface area (Å²) in [6, 6.07) is 0.400. The summed E-state index contributed by atoms with van der Waals surface area (Å²) < 4.78 is 5.15. The van der Waals surface area contributed by atoms with Gasteiger partial charge in [-0.3, -0.25) is 4.79 Å². The molecular weight excluding hydrogens is 214 g/mol. The molecule has 4 heteroatoms. The third-order valence-corrected chi connectivity index (χ3v) is 3.01. The summed E-state index contributed by atoms with van der Waals surface area (Å²) in [6.45, 7) is 3.34. The second-order valence-corrected chi connectivity index (χ2v) is 4.23. The average molecular weight is 234 g/mol. The van der Waals surface area contributed by atoms with Crippen LogP contribution in [0, 0.1) is 0 Å². The number of nitrogens with zero attached hydrogens (tertiary/aromatic N) is 1. The maximum atomic E-state index is 11.8. The molecule has 1 amide bonds. The van der Waals surface area contributed by atoms with Gasteiger partial charge in [0.1, 0.15) is 6.61 Å². The first-order valence-corrected chi connectivity index (χ1v) is 6.26. The molecule has 3 nitrogen and oxygen atoms in total. The number of amides is 1. The molecule has 0 N–H and O–H groups in total. The monoisotopic (exact) mass is 233 g/mol. The molecule has 1 aliphatic rings. The maximum Gasteiger partial charge on any atom is 0.248 e. The summed E-state index contributed by atoms with van der Waals surface area (Å²) in [5, 5.41) is 0. The van der Waals surface area contributed by atoms with Crippen LogP contribution in [0.3, 0.4) is 0 Å². The van der Waals surface area contributed by atoms with E-state index in [4.69, 9.17) is 16.3 Å². The van der Waals surface area contributed by atoms with Gasteiger partial charge in [-0.2, -0.15) is 0 Å². The lowest BCUT2D eigenvalue weighted by molar-refractivity contribution is -0.138. The summed E-state index contributed by atoms with van der Waals surface area (Å²) >= 11 is 5.72. The number of rotatable bonds is 6. The minimum atomic E-state index is 0.0874. The molecule has 0 saturated heterocycles. The molecule has 0 aromatic heterocycles. The molecule has 1 aliphatic carbocycles.